The maximum atomic E-state index is 13.4. The van der Waals surface area contributed by atoms with Gasteiger partial charge in [-0.2, -0.15) is 5.26 Å². The molecule has 27 heavy (non-hydrogen) atoms. The highest BCUT2D eigenvalue weighted by Gasteiger charge is 2.34. The van der Waals surface area contributed by atoms with Gasteiger partial charge in [-0.25, -0.2) is 8.78 Å². The van der Waals surface area contributed by atoms with Crippen molar-refractivity contribution in [3.05, 3.63) is 46.8 Å². The molecule has 1 aromatic heterocycles. The number of nitrogens with zero attached hydrogens (tertiary/aromatic N) is 4. The van der Waals surface area contributed by atoms with E-state index in [4.69, 9.17) is 11.6 Å². The second-order valence-electron chi connectivity index (χ2n) is 7.01. The lowest BCUT2D eigenvalue weighted by Gasteiger charge is -2.34. The fourth-order valence-corrected chi connectivity index (χ4v) is 3.82. The smallest absolute Gasteiger partial charge is 0.163 e. The van der Waals surface area contributed by atoms with Crippen LogP contribution in [0.1, 0.15) is 30.3 Å². The number of hydrogen-bond acceptors (Lipinski definition) is 3. The van der Waals surface area contributed by atoms with Crippen molar-refractivity contribution in [2.45, 2.75) is 31.6 Å². The molecule has 0 radical (unpaired) electrons. The third-order valence-corrected chi connectivity index (χ3v) is 5.43. The van der Waals surface area contributed by atoms with E-state index in [1.54, 1.807) is 35.5 Å². The number of fused-ring (bicyclic) bond motifs is 1. The summed E-state index contributed by atoms with van der Waals surface area (Å²) in [6, 6.07) is 6.82. The van der Waals surface area contributed by atoms with Gasteiger partial charge in [-0.15, -0.1) is 0 Å². The van der Waals surface area contributed by atoms with Crippen molar-refractivity contribution < 1.29 is 8.78 Å². The van der Waals surface area contributed by atoms with Crippen molar-refractivity contribution in [2.24, 2.45) is 10.9 Å². The molecule has 1 aromatic carbocycles. The van der Waals surface area contributed by atoms with Crippen molar-refractivity contribution >= 4 is 28.7 Å². The van der Waals surface area contributed by atoms with Gasteiger partial charge in [-0.3, -0.25) is 4.99 Å². The summed E-state index contributed by atoms with van der Waals surface area (Å²) in [6.07, 6.45) is 6.56. The second-order valence-corrected chi connectivity index (χ2v) is 7.45. The first-order valence-electron chi connectivity index (χ1n) is 8.99. The lowest BCUT2D eigenvalue weighted by molar-refractivity contribution is 0.143. The zero-order valence-electron chi connectivity index (χ0n) is 14.7. The summed E-state index contributed by atoms with van der Waals surface area (Å²) in [6.45, 7) is -0.901. The van der Waals surface area contributed by atoms with Crippen LogP contribution < -0.4 is 0 Å². The lowest BCUT2D eigenvalue weighted by atomic mass is 10.1. The highest BCUT2D eigenvalue weighted by atomic mass is 35.5. The van der Waals surface area contributed by atoms with E-state index in [1.807, 2.05) is 6.07 Å². The number of allylic oxidation sites excluding steroid dienone is 1. The summed E-state index contributed by atoms with van der Waals surface area (Å²) in [5.74, 6) is 0.552. The van der Waals surface area contributed by atoms with E-state index >= 15 is 0 Å². The van der Waals surface area contributed by atoms with Gasteiger partial charge < -0.3 is 9.47 Å². The molecule has 1 fully saturated rings. The molecule has 0 saturated heterocycles. The van der Waals surface area contributed by atoms with Crippen LogP contribution >= 0.6 is 11.6 Å². The first kappa shape index (κ1) is 18.0. The van der Waals surface area contributed by atoms with Gasteiger partial charge in [-0.05, 0) is 43.0 Å². The van der Waals surface area contributed by atoms with Crippen LogP contribution in [-0.4, -0.2) is 35.1 Å². The Morgan fingerprint density at radius 1 is 1.30 bits per heavy atom. The average molecular weight is 389 g/mol. The quantitative estimate of drug-likeness (QED) is 0.714. The zero-order valence-corrected chi connectivity index (χ0v) is 15.4. The Balaban J connectivity index is 1.92. The molecule has 1 unspecified atom stereocenters. The molecule has 1 atom stereocenters. The first-order chi connectivity index (χ1) is 13.2. The number of benzene rings is 1. The molecule has 2 aliphatic rings. The Labute approximate surface area is 161 Å². The van der Waals surface area contributed by atoms with Crippen LogP contribution in [0.25, 0.3) is 10.9 Å². The van der Waals surface area contributed by atoms with Gasteiger partial charge >= 0.3 is 0 Å². The van der Waals surface area contributed by atoms with Gasteiger partial charge in [0.2, 0.25) is 0 Å². The third-order valence-electron chi connectivity index (χ3n) is 5.19. The Kier molecular flexibility index (Phi) is 4.88. The first-order valence-corrected chi connectivity index (χ1v) is 9.36. The predicted molar refractivity (Wildman–Crippen MR) is 102 cm³/mol. The highest BCUT2D eigenvalue weighted by Crippen LogP contribution is 2.40. The molecule has 1 aliphatic heterocycles. The van der Waals surface area contributed by atoms with Gasteiger partial charge in [0.05, 0.1) is 17.3 Å². The summed E-state index contributed by atoms with van der Waals surface area (Å²) in [5, 5.41) is 11.2. The topological polar surface area (TPSA) is 44.3 Å². The molecule has 4 rings (SSSR count). The van der Waals surface area contributed by atoms with Crippen LogP contribution in [0.15, 0.2) is 35.5 Å². The van der Waals surface area contributed by atoms with Crippen LogP contribution in [0.5, 0.6) is 0 Å². The minimum atomic E-state index is -0.939. The molecule has 0 spiro atoms. The van der Waals surface area contributed by atoms with Crippen molar-refractivity contribution in [1.82, 2.24) is 9.47 Å². The van der Waals surface area contributed by atoms with Crippen LogP contribution in [0, 0.1) is 17.2 Å². The SMILES string of the molecule is N#Cc1c(C2N=CC=CN2C(CF)CF)n(CC2CC2)c2ccc(Cl)cc12. The number of aliphatic imine (C=N–C) groups is 1. The summed E-state index contributed by atoms with van der Waals surface area (Å²) in [7, 11) is 0. The summed E-state index contributed by atoms with van der Waals surface area (Å²) in [4.78, 5) is 6.06. The number of alkyl halides is 2. The van der Waals surface area contributed by atoms with E-state index in [1.165, 1.54) is 0 Å². The maximum Gasteiger partial charge on any atom is 0.163 e. The average Bonchev–Trinajstić information content (AvgIpc) is 3.45. The van der Waals surface area contributed by atoms with Crippen molar-refractivity contribution in [3.8, 4) is 6.07 Å². The Morgan fingerprint density at radius 3 is 2.74 bits per heavy atom. The van der Waals surface area contributed by atoms with Crippen LogP contribution in [0.2, 0.25) is 5.02 Å². The number of rotatable bonds is 6. The normalized spacial score (nSPS) is 19.2. The molecular formula is C20H19ClF2N4. The molecule has 7 heteroatoms. The molecule has 140 valence electrons. The lowest BCUT2D eigenvalue weighted by Crippen LogP contribution is -2.39. The Bertz CT molecular complexity index is 951. The number of aromatic nitrogens is 1. The van der Waals surface area contributed by atoms with E-state index in [0.717, 1.165) is 30.3 Å². The number of nitriles is 1. The molecular weight excluding hydrogens is 370 g/mol. The second kappa shape index (κ2) is 7.32. The Hall–Kier alpha value is -2.39. The van der Waals surface area contributed by atoms with Gasteiger partial charge in [0.15, 0.2) is 6.17 Å². The van der Waals surface area contributed by atoms with E-state index in [9.17, 15) is 14.0 Å². The standard InChI is InChI=1S/C20H19ClF2N4/c21-14-4-5-18-16(8-14)17(11-24)19(27(18)12-13-2-3-13)20-25-6-1-7-26(20)15(9-22)10-23/h1,4-8,13,15,20H,2-3,9-10,12H2. The van der Waals surface area contributed by atoms with Gasteiger partial charge in [0, 0.05) is 34.9 Å². The van der Waals surface area contributed by atoms with E-state index in [2.05, 4.69) is 15.6 Å². The highest BCUT2D eigenvalue weighted by molar-refractivity contribution is 6.31. The monoisotopic (exact) mass is 388 g/mol. The van der Waals surface area contributed by atoms with E-state index < -0.39 is 25.6 Å². The molecule has 2 heterocycles. The fourth-order valence-electron chi connectivity index (χ4n) is 3.65. The zero-order chi connectivity index (χ0) is 19.0. The third kappa shape index (κ3) is 3.21. The summed E-state index contributed by atoms with van der Waals surface area (Å²) < 4.78 is 29.0. The number of hydrogen-bond donors (Lipinski definition) is 0. The van der Waals surface area contributed by atoms with Gasteiger partial charge in [-0.1, -0.05) is 11.6 Å². The molecule has 0 N–H and O–H groups in total. The maximum absolute atomic E-state index is 13.4. The molecule has 4 nitrogen and oxygen atoms in total. The predicted octanol–water partition coefficient (Wildman–Crippen LogP) is 4.78. The van der Waals surface area contributed by atoms with Crippen LogP contribution in [0.4, 0.5) is 8.78 Å². The van der Waals surface area contributed by atoms with Crippen LogP contribution in [-0.2, 0) is 6.54 Å². The molecule has 2 aromatic rings. The van der Waals surface area contributed by atoms with Crippen LogP contribution in [0.3, 0.4) is 0 Å². The summed E-state index contributed by atoms with van der Waals surface area (Å²) in [5.41, 5.74) is 2.04. The minimum absolute atomic E-state index is 0.465. The van der Waals surface area contributed by atoms with Crippen molar-refractivity contribution in [1.29, 1.82) is 5.26 Å². The van der Waals surface area contributed by atoms with Gasteiger partial charge in [0.25, 0.3) is 0 Å². The van der Waals surface area contributed by atoms with Crippen molar-refractivity contribution in [3.63, 3.8) is 0 Å². The largest absolute Gasteiger partial charge is 0.343 e. The molecule has 0 bridgehead atoms. The van der Waals surface area contributed by atoms with E-state index in [0.29, 0.717) is 22.2 Å². The fraction of sp³-hybridized carbons (Fsp3) is 0.400. The van der Waals surface area contributed by atoms with Crippen molar-refractivity contribution in [2.75, 3.05) is 13.3 Å². The Morgan fingerprint density at radius 2 is 2.07 bits per heavy atom. The van der Waals surface area contributed by atoms with E-state index in [-0.39, 0.29) is 0 Å². The summed E-state index contributed by atoms with van der Waals surface area (Å²) >= 11 is 6.17. The van der Waals surface area contributed by atoms with Gasteiger partial charge in [0.1, 0.15) is 19.4 Å². The minimum Gasteiger partial charge on any atom is -0.343 e. The molecule has 0 amide bonds. The number of halogens is 3. The molecule has 1 saturated carbocycles. The molecule has 1 aliphatic carbocycles.